The van der Waals surface area contributed by atoms with E-state index in [2.05, 4.69) is 10.3 Å². The van der Waals surface area contributed by atoms with Crippen LogP contribution >= 0.6 is 11.6 Å². The highest BCUT2D eigenvalue weighted by Crippen LogP contribution is 2.45. The van der Waals surface area contributed by atoms with Crippen molar-refractivity contribution in [3.8, 4) is 0 Å². The molecule has 4 N–H and O–H groups in total. The highest BCUT2D eigenvalue weighted by atomic mass is 35.5. The standard InChI is InChI=1S/C30H25ClN4O6/c1-15(36)24(29(39)40)33-27(37)19-10-3-5-12-22(19)35-28(38)23-14-20-18-9-2-4-11-21(18)32-25(20)26(34(23)30(35)41)16-7-6-8-17(31)13-16/h2-13,15,23-24,26,32,36H,14H2,1H3,(H,33,37)(H,39,40)/t15-,23-,24-,26+/m0/s1. The number of nitrogens with one attached hydrogen (secondary N) is 2. The Kier molecular flexibility index (Phi) is 6.51. The maximum Gasteiger partial charge on any atom is 0.332 e. The lowest BCUT2D eigenvalue weighted by Crippen LogP contribution is -2.48. The number of H-pyrrole nitrogens is 1. The monoisotopic (exact) mass is 572 g/mol. The first-order valence-corrected chi connectivity index (χ1v) is 13.4. The van der Waals surface area contributed by atoms with Gasteiger partial charge in [-0.15, -0.1) is 0 Å². The molecule has 6 rings (SSSR count). The van der Waals surface area contributed by atoms with Gasteiger partial charge >= 0.3 is 12.0 Å². The highest BCUT2D eigenvalue weighted by Gasteiger charge is 2.53. The van der Waals surface area contributed by atoms with Crippen LogP contribution in [0.5, 0.6) is 0 Å². The Labute approximate surface area is 239 Å². The molecule has 11 heteroatoms. The smallest absolute Gasteiger partial charge is 0.332 e. The van der Waals surface area contributed by atoms with Crippen LogP contribution in [0, 0.1) is 0 Å². The second kappa shape index (κ2) is 10.1. The van der Waals surface area contributed by atoms with Crippen molar-refractivity contribution in [1.82, 2.24) is 15.2 Å². The van der Waals surface area contributed by atoms with E-state index in [1.165, 1.54) is 24.0 Å². The van der Waals surface area contributed by atoms with Gasteiger partial charge in [-0.3, -0.25) is 14.5 Å². The summed E-state index contributed by atoms with van der Waals surface area (Å²) in [5, 5.41) is 23.0. The zero-order valence-electron chi connectivity index (χ0n) is 21.7. The maximum atomic E-state index is 14.2. The lowest BCUT2D eigenvalue weighted by molar-refractivity contribution is -0.141. The van der Waals surface area contributed by atoms with Crippen molar-refractivity contribution >= 4 is 52.0 Å². The van der Waals surface area contributed by atoms with E-state index in [9.17, 15) is 29.4 Å². The van der Waals surface area contributed by atoms with Crippen LogP contribution in [0.3, 0.4) is 0 Å². The van der Waals surface area contributed by atoms with Gasteiger partial charge in [0.25, 0.3) is 11.8 Å². The maximum absolute atomic E-state index is 14.2. The SMILES string of the molecule is C[C@H](O)[C@H](NC(=O)c1ccccc1N1C(=O)[C@@H]2Cc3c([nH]c4ccccc34)[C@@H](c3cccc(Cl)c3)N2C1=O)C(=O)O. The second-order valence-electron chi connectivity index (χ2n) is 10.2. The number of anilines is 1. The number of hydrogen-bond donors (Lipinski definition) is 4. The number of fused-ring (bicyclic) bond motifs is 4. The molecule has 0 unspecified atom stereocenters. The van der Waals surface area contributed by atoms with E-state index in [-0.39, 0.29) is 17.7 Å². The molecule has 0 aliphatic carbocycles. The molecule has 208 valence electrons. The molecule has 0 bridgehead atoms. The van der Waals surface area contributed by atoms with E-state index in [0.717, 1.165) is 27.1 Å². The van der Waals surface area contributed by atoms with Gasteiger partial charge in [0.05, 0.1) is 17.4 Å². The van der Waals surface area contributed by atoms with Crippen molar-refractivity contribution in [3.63, 3.8) is 0 Å². The summed E-state index contributed by atoms with van der Waals surface area (Å²) in [7, 11) is 0. The molecule has 0 saturated carbocycles. The molecule has 1 aromatic heterocycles. The number of carboxylic acids is 1. The number of carbonyl (C=O) groups is 4. The topological polar surface area (TPSA) is 143 Å². The molecule has 0 spiro atoms. The lowest BCUT2D eigenvalue weighted by atomic mass is 9.89. The fraction of sp³-hybridized carbons (Fsp3) is 0.200. The quantitative estimate of drug-likeness (QED) is 0.258. The van der Waals surface area contributed by atoms with Gasteiger partial charge in [0.1, 0.15) is 12.1 Å². The summed E-state index contributed by atoms with van der Waals surface area (Å²) < 4.78 is 0. The largest absolute Gasteiger partial charge is 0.480 e. The number of aliphatic carboxylic acids is 1. The average molecular weight is 573 g/mol. The molecule has 2 aliphatic heterocycles. The number of carboxylic acid groups (broad SMARTS) is 1. The molecule has 4 atom stereocenters. The van der Waals surface area contributed by atoms with Crippen molar-refractivity contribution in [2.45, 2.75) is 37.6 Å². The van der Waals surface area contributed by atoms with Crippen LogP contribution in [0.4, 0.5) is 10.5 Å². The predicted molar refractivity (Wildman–Crippen MR) is 151 cm³/mol. The summed E-state index contributed by atoms with van der Waals surface area (Å²) >= 11 is 6.35. The predicted octanol–water partition coefficient (Wildman–Crippen LogP) is 3.87. The van der Waals surface area contributed by atoms with Crippen molar-refractivity contribution in [2.24, 2.45) is 0 Å². The fourth-order valence-corrected chi connectivity index (χ4v) is 5.99. The van der Waals surface area contributed by atoms with Crippen molar-refractivity contribution in [2.75, 3.05) is 4.90 Å². The van der Waals surface area contributed by atoms with Gasteiger partial charge in [-0.2, -0.15) is 0 Å². The van der Waals surface area contributed by atoms with Crippen LogP contribution in [-0.4, -0.2) is 62.1 Å². The van der Waals surface area contributed by atoms with Crippen LogP contribution in [-0.2, 0) is 16.0 Å². The number of amides is 4. The zero-order chi connectivity index (χ0) is 29.0. The molecule has 0 radical (unpaired) electrons. The summed E-state index contributed by atoms with van der Waals surface area (Å²) in [6.45, 7) is 1.24. The van der Waals surface area contributed by atoms with E-state index in [0.29, 0.717) is 10.6 Å². The molecule has 1 fully saturated rings. The Balaban J connectivity index is 1.45. The fourth-order valence-electron chi connectivity index (χ4n) is 5.79. The number of benzene rings is 3. The Morgan fingerprint density at radius 2 is 1.78 bits per heavy atom. The second-order valence-corrected chi connectivity index (χ2v) is 10.6. The molecule has 1 saturated heterocycles. The van der Waals surface area contributed by atoms with Gasteiger partial charge < -0.3 is 20.5 Å². The van der Waals surface area contributed by atoms with Gasteiger partial charge in [0.15, 0.2) is 6.04 Å². The molecular weight excluding hydrogens is 548 g/mol. The molecule has 4 aromatic rings. The number of aliphatic hydroxyl groups is 1. The minimum atomic E-state index is -1.59. The summed E-state index contributed by atoms with van der Waals surface area (Å²) in [6.07, 6.45) is -1.12. The number of carbonyl (C=O) groups excluding carboxylic acids is 3. The third-order valence-electron chi connectivity index (χ3n) is 7.64. The minimum Gasteiger partial charge on any atom is -0.480 e. The highest BCUT2D eigenvalue weighted by molar-refractivity contribution is 6.30. The third kappa shape index (κ3) is 4.32. The summed E-state index contributed by atoms with van der Waals surface area (Å²) in [6, 6.07) is 17.1. The van der Waals surface area contributed by atoms with E-state index in [1.807, 2.05) is 30.3 Å². The Bertz CT molecular complexity index is 1730. The zero-order valence-corrected chi connectivity index (χ0v) is 22.5. The number of aliphatic hydroxyl groups excluding tert-OH is 1. The van der Waals surface area contributed by atoms with Crippen molar-refractivity contribution in [3.05, 3.63) is 100 Å². The number of imide groups is 1. The van der Waals surface area contributed by atoms with Gasteiger partial charge in [0.2, 0.25) is 0 Å². The number of para-hydroxylation sites is 2. The Morgan fingerprint density at radius 1 is 1.05 bits per heavy atom. The first-order chi connectivity index (χ1) is 19.7. The van der Waals surface area contributed by atoms with E-state index in [1.54, 1.807) is 30.3 Å². The van der Waals surface area contributed by atoms with E-state index in [4.69, 9.17) is 11.6 Å². The number of aromatic amines is 1. The van der Waals surface area contributed by atoms with E-state index >= 15 is 0 Å². The summed E-state index contributed by atoms with van der Waals surface area (Å²) in [4.78, 5) is 58.9. The third-order valence-corrected chi connectivity index (χ3v) is 7.87. The van der Waals surface area contributed by atoms with E-state index < -0.39 is 48.0 Å². The summed E-state index contributed by atoms with van der Waals surface area (Å²) in [5.41, 5.74) is 3.23. The van der Waals surface area contributed by atoms with Crippen molar-refractivity contribution < 1.29 is 29.4 Å². The number of urea groups is 1. The minimum absolute atomic E-state index is 0.0162. The van der Waals surface area contributed by atoms with Crippen molar-refractivity contribution in [1.29, 1.82) is 0 Å². The number of nitrogens with zero attached hydrogens (tertiary/aromatic N) is 2. The Hall–Kier alpha value is -4.67. The first-order valence-electron chi connectivity index (χ1n) is 13.0. The lowest BCUT2D eigenvalue weighted by Gasteiger charge is -2.36. The van der Waals surface area contributed by atoms with Crippen LogP contribution in [0.2, 0.25) is 5.02 Å². The first kappa shape index (κ1) is 26.5. The average Bonchev–Trinajstić information content (AvgIpc) is 3.44. The number of rotatable bonds is 6. The van der Waals surface area contributed by atoms with Crippen LogP contribution < -0.4 is 10.2 Å². The van der Waals surface area contributed by atoms with Gasteiger partial charge in [-0.05, 0) is 48.4 Å². The van der Waals surface area contributed by atoms with Gasteiger partial charge in [-0.25, -0.2) is 14.5 Å². The molecule has 41 heavy (non-hydrogen) atoms. The molecular formula is C30H25ClN4O6. The van der Waals surface area contributed by atoms with Gasteiger partial charge in [-0.1, -0.05) is 54.1 Å². The molecule has 3 aromatic carbocycles. The van der Waals surface area contributed by atoms with Gasteiger partial charge in [0, 0.05) is 28.0 Å². The summed E-state index contributed by atoms with van der Waals surface area (Å²) in [5.74, 6) is -2.78. The molecule has 4 amide bonds. The van der Waals surface area contributed by atoms with Crippen LogP contribution in [0.15, 0.2) is 72.8 Å². The number of aromatic nitrogens is 1. The number of hydrogen-bond acceptors (Lipinski definition) is 5. The molecule has 2 aliphatic rings. The molecule has 10 nitrogen and oxygen atoms in total. The number of halogens is 1. The Morgan fingerprint density at radius 3 is 2.51 bits per heavy atom. The normalized spacial score (nSPS) is 19.6. The van der Waals surface area contributed by atoms with Crippen LogP contribution in [0.25, 0.3) is 10.9 Å². The van der Waals surface area contributed by atoms with Crippen LogP contribution in [0.1, 0.15) is 40.1 Å². The molecule has 3 heterocycles.